The summed E-state index contributed by atoms with van der Waals surface area (Å²) in [6.07, 6.45) is 1.00. The van der Waals surface area contributed by atoms with Gasteiger partial charge in [0, 0.05) is 12.7 Å². The number of fused-ring (bicyclic) bond motifs is 1. The molecule has 1 N–H and O–H groups in total. The number of aromatic nitrogens is 2. The molecule has 0 aliphatic carbocycles. The molecular formula is C18H23N3O4. The van der Waals surface area contributed by atoms with E-state index in [1.165, 1.54) is 12.0 Å². The van der Waals surface area contributed by atoms with E-state index in [9.17, 15) is 14.7 Å². The van der Waals surface area contributed by atoms with E-state index in [0.717, 1.165) is 5.52 Å². The average Bonchev–Trinajstić information content (AvgIpc) is 2.93. The van der Waals surface area contributed by atoms with Crippen LogP contribution in [0.3, 0.4) is 0 Å². The van der Waals surface area contributed by atoms with E-state index in [-0.39, 0.29) is 17.2 Å². The summed E-state index contributed by atoms with van der Waals surface area (Å²) in [6.45, 7) is 8.56. The Morgan fingerprint density at radius 3 is 2.56 bits per heavy atom. The van der Waals surface area contributed by atoms with Crippen molar-refractivity contribution in [1.29, 1.82) is 0 Å². The molecule has 0 saturated carbocycles. The second-order valence-electron chi connectivity index (χ2n) is 7.62. The number of rotatable bonds is 2. The summed E-state index contributed by atoms with van der Waals surface area (Å²) in [4.78, 5) is 29.1. The van der Waals surface area contributed by atoms with Crippen LogP contribution in [0.5, 0.6) is 0 Å². The average molecular weight is 345 g/mol. The van der Waals surface area contributed by atoms with E-state index < -0.39 is 17.6 Å². The van der Waals surface area contributed by atoms with Crippen molar-refractivity contribution in [2.45, 2.75) is 39.3 Å². The van der Waals surface area contributed by atoms with Gasteiger partial charge in [0.2, 0.25) is 0 Å². The number of methoxy groups -OCH3 is 1. The lowest BCUT2D eigenvalue weighted by Crippen LogP contribution is -2.72. The number of hydrogen-bond donors (Lipinski definition) is 1. The first-order chi connectivity index (χ1) is 11.6. The van der Waals surface area contributed by atoms with Crippen molar-refractivity contribution in [3.05, 3.63) is 30.1 Å². The number of esters is 1. The van der Waals surface area contributed by atoms with E-state index in [1.54, 1.807) is 6.07 Å². The molecule has 0 unspecified atom stereocenters. The second kappa shape index (κ2) is 5.47. The van der Waals surface area contributed by atoms with Crippen molar-refractivity contribution in [3.63, 3.8) is 0 Å². The van der Waals surface area contributed by atoms with E-state index in [0.29, 0.717) is 12.1 Å². The van der Waals surface area contributed by atoms with Crippen molar-refractivity contribution in [2.24, 2.45) is 5.41 Å². The molecule has 7 heteroatoms. The van der Waals surface area contributed by atoms with Crippen molar-refractivity contribution in [2.75, 3.05) is 13.7 Å². The zero-order valence-corrected chi connectivity index (χ0v) is 15.1. The van der Waals surface area contributed by atoms with Crippen molar-refractivity contribution >= 4 is 23.1 Å². The first-order valence-corrected chi connectivity index (χ1v) is 8.17. The monoisotopic (exact) mass is 345 g/mol. The van der Waals surface area contributed by atoms with E-state index >= 15 is 0 Å². The Balaban J connectivity index is 2.05. The Morgan fingerprint density at radius 1 is 1.32 bits per heavy atom. The van der Waals surface area contributed by atoms with Gasteiger partial charge in [-0.05, 0) is 30.5 Å². The van der Waals surface area contributed by atoms with Crippen LogP contribution < -0.4 is 0 Å². The third-order valence-electron chi connectivity index (χ3n) is 5.62. The molecule has 0 aromatic carbocycles. The lowest BCUT2D eigenvalue weighted by molar-refractivity contribution is -0.105. The summed E-state index contributed by atoms with van der Waals surface area (Å²) >= 11 is 0. The maximum Gasteiger partial charge on any atom is 0.407 e. The maximum atomic E-state index is 11.7. The first kappa shape index (κ1) is 17.3. The number of carbonyl (C=O) groups is 2. The highest BCUT2D eigenvalue weighted by Gasteiger charge is 2.59. The van der Waals surface area contributed by atoms with E-state index in [1.807, 2.05) is 46.0 Å². The Bertz CT molecular complexity index is 852. The minimum atomic E-state index is -0.906. The molecule has 7 nitrogen and oxygen atoms in total. The number of likely N-dealkylation sites (tertiary alicyclic amines) is 1. The smallest absolute Gasteiger partial charge is 0.407 e. The fourth-order valence-corrected chi connectivity index (χ4v) is 3.68. The normalized spacial score (nSPS) is 23.4. The summed E-state index contributed by atoms with van der Waals surface area (Å²) in [5, 5.41) is 9.54. The molecule has 0 bridgehead atoms. The van der Waals surface area contributed by atoms with E-state index in [4.69, 9.17) is 4.74 Å². The molecule has 1 fully saturated rings. The summed E-state index contributed by atoms with van der Waals surface area (Å²) in [5.41, 5.74) is 1.02. The minimum Gasteiger partial charge on any atom is -0.465 e. The van der Waals surface area contributed by atoms with E-state index in [2.05, 4.69) is 9.55 Å². The number of hydrogen-bond acceptors (Lipinski definition) is 4. The quantitative estimate of drug-likeness (QED) is 0.845. The fraction of sp³-hybridized carbons (Fsp3) is 0.500. The van der Waals surface area contributed by atoms with Gasteiger partial charge in [0.05, 0.1) is 29.7 Å². The highest BCUT2D eigenvalue weighted by atomic mass is 16.5. The molecule has 2 atom stereocenters. The molecule has 0 spiro atoms. The Hall–Kier alpha value is -2.57. The van der Waals surface area contributed by atoms with Crippen LogP contribution in [0, 0.1) is 5.41 Å². The van der Waals surface area contributed by atoms with Crippen LogP contribution in [0.25, 0.3) is 11.0 Å². The lowest BCUT2D eigenvalue weighted by atomic mass is 9.64. The molecule has 25 heavy (non-hydrogen) atoms. The highest BCUT2D eigenvalue weighted by Crippen LogP contribution is 2.51. The molecule has 2 aromatic heterocycles. The molecule has 2 aromatic rings. The van der Waals surface area contributed by atoms with Gasteiger partial charge in [-0.1, -0.05) is 20.8 Å². The predicted octanol–water partition coefficient (Wildman–Crippen LogP) is 3.16. The van der Waals surface area contributed by atoms with Gasteiger partial charge in [0.25, 0.3) is 0 Å². The van der Waals surface area contributed by atoms with Crippen LogP contribution in [-0.2, 0) is 4.74 Å². The van der Waals surface area contributed by atoms with Crippen molar-refractivity contribution in [1.82, 2.24) is 14.5 Å². The molecule has 1 saturated heterocycles. The highest BCUT2D eigenvalue weighted by molar-refractivity contribution is 5.90. The molecule has 1 amide bonds. The maximum absolute atomic E-state index is 11.7. The lowest BCUT2D eigenvalue weighted by Gasteiger charge is -2.62. The van der Waals surface area contributed by atoms with Gasteiger partial charge in [-0.25, -0.2) is 14.6 Å². The predicted molar refractivity (Wildman–Crippen MR) is 92.7 cm³/mol. The number of pyridine rings is 1. The summed E-state index contributed by atoms with van der Waals surface area (Å²) in [6, 6.07) is 5.30. The molecule has 134 valence electrons. The Kier molecular flexibility index (Phi) is 3.78. The Morgan fingerprint density at radius 2 is 2.00 bits per heavy atom. The zero-order chi connectivity index (χ0) is 18.6. The summed E-state index contributed by atoms with van der Waals surface area (Å²) < 4.78 is 6.77. The number of carboxylic acid groups (broad SMARTS) is 1. The van der Waals surface area contributed by atoms with Crippen LogP contribution in [0.2, 0.25) is 0 Å². The second-order valence-corrected chi connectivity index (χ2v) is 7.62. The molecule has 1 aliphatic heterocycles. The largest absolute Gasteiger partial charge is 0.465 e. The standard InChI is InChI=1S/C18H23N3O4/c1-17(2,3)18(4)14(10-21(18)16(23)24)20-9-8-11-13(20)7-6-12(19-11)15(22)25-5/h6-9,14H,10H2,1-5H3,(H,23,24)/t14-,18-/m0/s1. The van der Waals surface area contributed by atoms with Gasteiger partial charge >= 0.3 is 12.1 Å². The Labute approximate surface area is 146 Å². The van der Waals surface area contributed by atoms with Gasteiger partial charge < -0.3 is 14.4 Å². The number of carbonyl (C=O) groups excluding carboxylic acids is 1. The van der Waals surface area contributed by atoms with Crippen LogP contribution >= 0.6 is 0 Å². The van der Waals surface area contributed by atoms with Gasteiger partial charge in [0.15, 0.2) is 0 Å². The van der Waals surface area contributed by atoms with Crippen LogP contribution in [-0.4, -0.2) is 50.8 Å². The fourth-order valence-electron chi connectivity index (χ4n) is 3.68. The summed E-state index contributed by atoms with van der Waals surface area (Å²) in [5.74, 6) is -0.477. The van der Waals surface area contributed by atoms with Gasteiger partial charge in [-0.2, -0.15) is 0 Å². The molecule has 3 rings (SSSR count). The first-order valence-electron chi connectivity index (χ1n) is 8.17. The zero-order valence-electron chi connectivity index (χ0n) is 15.1. The SMILES string of the molecule is COC(=O)c1ccc2c(ccn2[C@H]2CN(C(=O)O)[C@]2(C)C(C)(C)C)n1. The van der Waals surface area contributed by atoms with Gasteiger partial charge in [-0.3, -0.25) is 4.90 Å². The number of ether oxygens (including phenoxy) is 1. The van der Waals surface area contributed by atoms with Gasteiger partial charge in [0.1, 0.15) is 5.69 Å². The number of amides is 1. The topological polar surface area (TPSA) is 84.7 Å². The van der Waals surface area contributed by atoms with Crippen LogP contribution in [0.1, 0.15) is 44.2 Å². The van der Waals surface area contributed by atoms with Crippen molar-refractivity contribution in [3.8, 4) is 0 Å². The molecule has 1 aliphatic rings. The van der Waals surface area contributed by atoms with Crippen molar-refractivity contribution < 1.29 is 19.4 Å². The summed E-state index contributed by atoms with van der Waals surface area (Å²) in [7, 11) is 1.32. The third-order valence-corrected chi connectivity index (χ3v) is 5.62. The minimum absolute atomic E-state index is 0.00752. The van der Waals surface area contributed by atoms with Gasteiger partial charge in [-0.15, -0.1) is 0 Å². The van der Waals surface area contributed by atoms with Crippen LogP contribution in [0.4, 0.5) is 4.79 Å². The molecule has 3 heterocycles. The third kappa shape index (κ3) is 2.37. The number of nitrogens with zero attached hydrogens (tertiary/aromatic N) is 3. The molecule has 0 radical (unpaired) electrons. The van der Waals surface area contributed by atoms with Crippen LogP contribution in [0.15, 0.2) is 24.4 Å². The molecular weight excluding hydrogens is 322 g/mol.